The average molecular weight is 239 g/mol. The molecule has 0 unspecified atom stereocenters. The first kappa shape index (κ1) is 13.1. The number of amides is 1. The number of nitrogens with two attached hydrogens (primary N) is 1. The molecule has 1 heterocycles. The number of carbonyl (C=O) groups excluding carboxylic acids is 1. The monoisotopic (exact) mass is 239 g/mol. The Bertz CT molecular complexity index is 396. The molecule has 0 bridgehead atoms. The molecule has 0 radical (unpaired) electrons. The molecule has 17 heavy (non-hydrogen) atoms. The van der Waals surface area contributed by atoms with Gasteiger partial charge in [-0.3, -0.25) is 4.79 Å². The average Bonchev–Trinajstić information content (AvgIpc) is 2.80. The normalized spacial score (nSPS) is 12.5. The molecule has 1 rings (SSSR count). The Hall–Kier alpha value is -1.98. The number of hydrogen-bond donors (Lipinski definition) is 3. The summed E-state index contributed by atoms with van der Waals surface area (Å²) < 4.78 is 5.13. The minimum absolute atomic E-state index is 0.118. The molecule has 0 fully saturated rings. The molecule has 0 saturated heterocycles. The second kappa shape index (κ2) is 5.38. The Balaban J connectivity index is 2.44. The van der Waals surface area contributed by atoms with Crippen LogP contribution >= 0.6 is 0 Å². The summed E-state index contributed by atoms with van der Waals surface area (Å²) >= 11 is 0. The summed E-state index contributed by atoms with van der Waals surface area (Å²) in [7, 11) is 0. The van der Waals surface area contributed by atoms with E-state index in [1.807, 2.05) is 6.07 Å². The largest absolute Gasteiger partial charge is 0.469 e. The van der Waals surface area contributed by atoms with Crippen LogP contribution in [-0.2, 0) is 11.2 Å². The van der Waals surface area contributed by atoms with Crippen LogP contribution in [0.2, 0.25) is 0 Å². The van der Waals surface area contributed by atoms with Gasteiger partial charge in [0, 0.05) is 13.0 Å². The highest BCUT2D eigenvalue weighted by Gasteiger charge is 2.32. The van der Waals surface area contributed by atoms with Gasteiger partial charge in [0.1, 0.15) is 11.2 Å². The van der Waals surface area contributed by atoms with E-state index in [4.69, 9.17) is 15.4 Å². The van der Waals surface area contributed by atoms with Gasteiger partial charge in [-0.1, -0.05) is 5.16 Å². The number of rotatable bonds is 5. The molecule has 1 aromatic rings. The van der Waals surface area contributed by atoms with E-state index in [-0.39, 0.29) is 11.7 Å². The Labute approximate surface area is 99.5 Å². The second-order valence-electron chi connectivity index (χ2n) is 4.20. The van der Waals surface area contributed by atoms with Crippen LogP contribution in [0, 0.1) is 5.41 Å². The van der Waals surface area contributed by atoms with Gasteiger partial charge in [0.05, 0.1) is 6.26 Å². The van der Waals surface area contributed by atoms with Crippen LogP contribution in [0.5, 0.6) is 0 Å². The summed E-state index contributed by atoms with van der Waals surface area (Å²) in [5.41, 5.74) is 4.41. The van der Waals surface area contributed by atoms with Crippen molar-refractivity contribution < 1.29 is 14.4 Å². The summed E-state index contributed by atoms with van der Waals surface area (Å²) in [5, 5.41) is 14.1. The number of carbonyl (C=O) groups is 1. The molecule has 0 saturated carbocycles. The molecule has 0 aromatic carbocycles. The maximum atomic E-state index is 11.8. The van der Waals surface area contributed by atoms with Crippen molar-refractivity contribution in [2.75, 3.05) is 6.54 Å². The SMILES string of the molecule is CC(C)(C(=O)NCCc1ccco1)C(N)=NO. The van der Waals surface area contributed by atoms with Crippen molar-refractivity contribution in [1.29, 1.82) is 0 Å². The molecule has 0 aliphatic heterocycles. The van der Waals surface area contributed by atoms with Gasteiger partial charge in [-0.2, -0.15) is 0 Å². The maximum absolute atomic E-state index is 11.8. The second-order valence-corrected chi connectivity index (χ2v) is 4.20. The molecular weight excluding hydrogens is 222 g/mol. The summed E-state index contributed by atoms with van der Waals surface area (Å²) in [6, 6.07) is 3.62. The molecule has 1 aromatic heterocycles. The van der Waals surface area contributed by atoms with Gasteiger partial charge in [-0.05, 0) is 26.0 Å². The fourth-order valence-electron chi connectivity index (χ4n) is 1.22. The standard InChI is InChI=1S/C11H17N3O3/c1-11(2,9(12)14-16)10(15)13-6-5-8-4-3-7-17-8/h3-4,7,16H,5-6H2,1-2H3,(H2,12,14)(H,13,15). The van der Waals surface area contributed by atoms with Crippen molar-refractivity contribution in [3.63, 3.8) is 0 Å². The van der Waals surface area contributed by atoms with Crippen molar-refractivity contribution in [3.8, 4) is 0 Å². The third-order valence-corrected chi connectivity index (χ3v) is 2.55. The fourth-order valence-corrected chi connectivity index (χ4v) is 1.22. The first-order chi connectivity index (χ1) is 7.98. The first-order valence-corrected chi connectivity index (χ1v) is 5.27. The zero-order valence-electron chi connectivity index (χ0n) is 9.93. The molecule has 94 valence electrons. The smallest absolute Gasteiger partial charge is 0.233 e. The third kappa shape index (κ3) is 3.24. The number of oxime groups is 1. The van der Waals surface area contributed by atoms with Gasteiger partial charge in [0.15, 0.2) is 5.84 Å². The quantitative estimate of drug-likeness (QED) is 0.305. The van der Waals surface area contributed by atoms with Crippen LogP contribution in [0.3, 0.4) is 0 Å². The van der Waals surface area contributed by atoms with Gasteiger partial charge in [0.25, 0.3) is 0 Å². The van der Waals surface area contributed by atoms with Gasteiger partial charge < -0.3 is 20.7 Å². The van der Waals surface area contributed by atoms with E-state index >= 15 is 0 Å². The van der Waals surface area contributed by atoms with Crippen LogP contribution < -0.4 is 11.1 Å². The number of nitrogens with zero attached hydrogens (tertiary/aromatic N) is 1. The van der Waals surface area contributed by atoms with Crippen LogP contribution in [0.15, 0.2) is 28.0 Å². The highest BCUT2D eigenvalue weighted by atomic mass is 16.4. The topological polar surface area (TPSA) is 101 Å². The molecule has 0 aliphatic carbocycles. The molecule has 6 nitrogen and oxygen atoms in total. The van der Waals surface area contributed by atoms with E-state index < -0.39 is 5.41 Å². The lowest BCUT2D eigenvalue weighted by atomic mass is 9.91. The lowest BCUT2D eigenvalue weighted by Gasteiger charge is -2.21. The lowest BCUT2D eigenvalue weighted by molar-refractivity contribution is -0.126. The molecule has 0 aliphatic rings. The summed E-state index contributed by atoms with van der Waals surface area (Å²) in [5.74, 6) is 0.388. The van der Waals surface area contributed by atoms with Crippen LogP contribution in [0.25, 0.3) is 0 Å². The highest BCUT2D eigenvalue weighted by Crippen LogP contribution is 2.15. The third-order valence-electron chi connectivity index (χ3n) is 2.55. The van der Waals surface area contributed by atoms with Crippen LogP contribution in [-0.4, -0.2) is 23.5 Å². The minimum atomic E-state index is -1.03. The predicted molar refractivity (Wildman–Crippen MR) is 62.6 cm³/mol. The van der Waals surface area contributed by atoms with E-state index in [0.29, 0.717) is 13.0 Å². The summed E-state index contributed by atoms with van der Waals surface area (Å²) in [6.07, 6.45) is 2.18. The lowest BCUT2D eigenvalue weighted by Crippen LogP contribution is -2.46. The Morgan fingerprint density at radius 1 is 1.65 bits per heavy atom. The molecule has 6 heteroatoms. The number of hydrogen-bond acceptors (Lipinski definition) is 4. The Morgan fingerprint density at radius 3 is 2.88 bits per heavy atom. The highest BCUT2D eigenvalue weighted by molar-refractivity contribution is 6.05. The summed E-state index contributed by atoms with van der Waals surface area (Å²) in [4.78, 5) is 11.8. The predicted octanol–water partition coefficient (Wildman–Crippen LogP) is 0.711. The van der Waals surface area contributed by atoms with Crippen LogP contribution in [0.4, 0.5) is 0 Å². The number of furan rings is 1. The molecule has 0 spiro atoms. The zero-order valence-corrected chi connectivity index (χ0v) is 9.93. The first-order valence-electron chi connectivity index (χ1n) is 5.27. The molecule has 1 amide bonds. The van der Waals surface area contributed by atoms with Crippen molar-refractivity contribution >= 4 is 11.7 Å². The molecule has 4 N–H and O–H groups in total. The van der Waals surface area contributed by atoms with E-state index in [0.717, 1.165) is 5.76 Å². The molecular formula is C11H17N3O3. The van der Waals surface area contributed by atoms with Crippen molar-refractivity contribution in [1.82, 2.24) is 5.32 Å². The van der Waals surface area contributed by atoms with Gasteiger partial charge in [0.2, 0.25) is 5.91 Å². The zero-order chi connectivity index (χ0) is 12.9. The van der Waals surface area contributed by atoms with Crippen molar-refractivity contribution in [3.05, 3.63) is 24.2 Å². The molecule has 0 atom stereocenters. The van der Waals surface area contributed by atoms with E-state index in [2.05, 4.69) is 10.5 Å². The minimum Gasteiger partial charge on any atom is -0.469 e. The maximum Gasteiger partial charge on any atom is 0.233 e. The fraction of sp³-hybridized carbons (Fsp3) is 0.455. The van der Waals surface area contributed by atoms with Crippen molar-refractivity contribution in [2.24, 2.45) is 16.3 Å². The van der Waals surface area contributed by atoms with Crippen molar-refractivity contribution in [2.45, 2.75) is 20.3 Å². The van der Waals surface area contributed by atoms with Gasteiger partial charge in [-0.25, -0.2) is 0 Å². The summed E-state index contributed by atoms with van der Waals surface area (Å²) in [6.45, 7) is 3.61. The van der Waals surface area contributed by atoms with Gasteiger partial charge >= 0.3 is 0 Å². The number of amidine groups is 1. The van der Waals surface area contributed by atoms with Gasteiger partial charge in [-0.15, -0.1) is 0 Å². The Morgan fingerprint density at radius 2 is 2.35 bits per heavy atom. The van der Waals surface area contributed by atoms with E-state index in [9.17, 15) is 4.79 Å². The van der Waals surface area contributed by atoms with E-state index in [1.54, 1.807) is 26.2 Å². The Kier molecular flexibility index (Phi) is 4.14. The number of nitrogens with one attached hydrogen (secondary N) is 1. The van der Waals surface area contributed by atoms with Crippen LogP contribution in [0.1, 0.15) is 19.6 Å². The van der Waals surface area contributed by atoms with E-state index in [1.165, 1.54) is 0 Å².